The zero-order chi connectivity index (χ0) is 27.3. The van der Waals surface area contributed by atoms with Crippen LogP contribution < -0.4 is 10.6 Å². The number of aryl methyl sites for hydroxylation is 1. The maximum absolute atomic E-state index is 14.5. The van der Waals surface area contributed by atoms with Crippen LogP contribution in [-0.2, 0) is 12.0 Å². The van der Waals surface area contributed by atoms with Gasteiger partial charge in [-0.1, -0.05) is 38.6 Å². The average Bonchev–Trinajstić information content (AvgIpc) is 3.40. The highest BCUT2D eigenvalue weighted by Gasteiger charge is 2.40. The van der Waals surface area contributed by atoms with Gasteiger partial charge in [-0.05, 0) is 37.3 Å². The lowest BCUT2D eigenvalue weighted by Gasteiger charge is -2.21. The summed E-state index contributed by atoms with van der Waals surface area (Å²) in [5.41, 5.74) is 3.79. The van der Waals surface area contributed by atoms with E-state index < -0.39 is 11.3 Å². The molecular formula is C29H25FN8O. The van der Waals surface area contributed by atoms with Crippen molar-refractivity contribution in [3.8, 4) is 11.5 Å². The van der Waals surface area contributed by atoms with E-state index in [9.17, 15) is 9.18 Å². The van der Waals surface area contributed by atoms with Crippen molar-refractivity contribution in [3.63, 3.8) is 0 Å². The first kappa shape index (κ1) is 24.4. The first-order chi connectivity index (χ1) is 18.7. The fourth-order valence-corrected chi connectivity index (χ4v) is 4.67. The number of carbonyl (C=O) groups is 1. The summed E-state index contributed by atoms with van der Waals surface area (Å²) in [5.74, 6) is -0.00709. The number of halogens is 1. The average molecular weight is 521 g/mol. The molecule has 0 spiro atoms. The van der Waals surface area contributed by atoms with Crippen molar-refractivity contribution >= 4 is 28.4 Å². The lowest BCUT2D eigenvalue weighted by atomic mass is 9.84. The van der Waals surface area contributed by atoms with Crippen LogP contribution in [0.1, 0.15) is 41.2 Å². The van der Waals surface area contributed by atoms with Gasteiger partial charge in [-0.3, -0.25) is 9.78 Å². The van der Waals surface area contributed by atoms with Crippen LogP contribution in [0, 0.1) is 12.7 Å². The second-order valence-corrected chi connectivity index (χ2v) is 9.96. The van der Waals surface area contributed by atoms with Crippen molar-refractivity contribution in [2.45, 2.75) is 32.7 Å². The Morgan fingerprint density at radius 1 is 1.10 bits per heavy atom. The molecule has 1 aliphatic rings. The van der Waals surface area contributed by atoms with E-state index in [0.29, 0.717) is 45.1 Å². The Morgan fingerprint density at radius 2 is 1.92 bits per heavy atom. The van der Waals surface area contributed by atoms with Gasteiger partial charge in [0.15, 0.2) is 11.5 Å². The number of hydrogen-bond donors (Lipinski definition) is 2. The SMILES string of the molecule is C=C1Nc2nc(-c3nn(Cc4ccccc4F)c4ncccc34)nc(C(=O)Nc3ccc(C)nc3)c2C1(C)C. The maximum atomic E-state index is 14.5. The summed E-state index contributed by atoms with van der Waals surface area (Å²) in [5, 5.41) is 11.5. The van der Waals surface area contributed by atoms with Crippen LogP contribution in [0.5, 0.6) is 0 Å². The molecule has 0 fully saturated rings. The number of nitrogens with one attached hydrogen (secondary N) is 2. The Hall–Kier alpha value is -4.99. The first-order valence-electron chi connectivity index (χ1n) is 12.4. The predicted molar refractivity (Wildman–Crippen MR) is 147 cm³/mol. The molecule has 2 N–H and O–H groups in total. The number of hydrogen-bond acceptors (Lipinski definition) is 7. The molecule has 1 amide bonds. The van der Waals surface area contributed by atoms with Gasteiger partial charge in [-0.15, -0.1) is 0 Å². The van der Waals surface area contributed by atoms with Crippen molar-refractivity contribution in [2.24, 2.45) is 0 Å². The summed E-state index contributed by atoms with van der Waals surface area (Å²) in [6.45, 7) is 10.1. The van der Waals surface area contributed by atoms with Crippen molar-refractivity contribution in [3.05, 3.63) is 102 Å². The fourth-order valence-electron chi connectivity index (χ4n) is 4.67. The highest BCUT2D eigenvalue weighted by atomic mass is 19.1. The van der Waals surface area contributed by atoms with Gasteiger partial charge < -0.3 is 10.6 Å². The first-order valence-corrected chi connectivity index (χ1v) is 12.4. The Kier molecular flexibility index (Phi) is 5.67. The number of rotatable bonds is 5. The number of benzene rings is 1. The summed E-state index contributed by atoms with van der Waals surface area (Å²) in [4.78, 5) is 31.9. The molecule has 5 aromatic rings. The van der Waals surface area contributed by atoms with E-state index in [1.807, 2.05) is 32.9 Å². The van der Waals surface area contributed by atoms with E-state index in [1.165, 1.54) is 6.07 Å². The lowest BCUT2D eigenvalue weighted by molar-refractivity contribution is 0.102. The third kappa shape index (κ3) is 4.19. The van der Waals surface area contributed by atoms with Crippen LogP contribution in [0.4, 0.5) is 15.9 Å². The van der Waals surface area contributed by atoms with Crippen LogP contribution >= 0.6 is 0 Å². The standard InChI is InChI=1S/C29H25FN8O/c1-16-11-12-19(14-32-16)34-28(39)24-22-25(33-17(2)29(22,3)4)36-26(35-24)23-20-9-7-13-31-27(20)38(37-23)15-18-8-5-6-10-21(18)30/h5-14H,2,15H2,1,3-4H3,(H,34,39)(H,33,35,36). The molecule has 9 nitrogen and oxygen atoms in total. The molecule has 0 radical (unpaired) electrons. The quantitative estimate of drug-likeness (QED) is 0.326. The van der Waals surface area contributed by atoms with E-state index in [-0.39, 0.29) is 23.9 Å². The molecule has 0 atom stereocenters. The van der Waals surface area contributed by atoms with Gasteiger partial charge in [-0.2, -0.15) is 5.10 Å². The van der Waals surface area contributed by atoms with Gasteiger partial charge in [0, 0.05) is 34.1 Å². The van der Waals surface area contributed by atoms with E-state index >= 15 is 0 Å². The van der Waals surface area contributed by atoms with Crippen molar-refractivity contribution < 1.29 is 9.18 Å². The summed E-state index contributed by atoms with van der Waals surface area (Å²) in [6.07, 6.45) is 3.25. The maximum Gasteiger partial charge on any atom is 0.274 e. The summed E-state index contributed by atoms with van der Waals surface area (Å²) in [6, 6.07) is 13.8. The minimum absolute atomic E-state index is 0.168. The van der Waals surface area contributed by atoms with E-state index in [2.05, 4.69) is 27.2 Å². The van der Waals surface area contributed by atoms with Gasteiger partial charge in [0.2, 0.25) is 0 Å². The molecule has 39 heavy (non-hydrogen) atoms. The second kappa shape index (κ2) is 9.09. The third-order valence-electron chi connectivity index (χ3n) is 6.94. The van der Waals surface area contributed by atoms with E-state index in [0.717, 1.165) is 5.69 Å². The number of aromatic nitrogens is 6. The number of anilines is 2. The zero-order valence-corrected chi connectivity index (χ0v) is 21.7. The molecule has 10 heteroatoms. The highest BCUT2D eigenvalue weighted by Crippen LogP contribution is 2.44. The number of carbonyl (C=O) groups excluding carboxylic acids is 1. The van der Waals surface area contributed by atoms with Crippen molar-refractivity contribution in [1.29, 1.82) is 0 Å². The summed E-state index contributed by atoms with van der Waals surface area (Å²) in [7, 11) is 0. The molecule has 1 aliphatic heterocycles. The van der Waals surface area contributed by atoms with Crippen LogP contribution in [0.25, 0.3) is 22.6 Å². The molecule has 0 unspecified atom stereocenters. The largest absolute Gasteiger partial charge is 0.343 e. The van der Waals surface area contributed by atoms with Crippen molar-refractivity contribution in [1.82, 2.24) is 29.7 Å². The smallest absolute Gasteiger partial charge is 0.274 e. The zero-order valence-electron chi connectivity index (χ0n) is 21.7. The Morgan fingerprint density at radius 3 is 2.69 bits per heavy atom. The molecule has 0 aliphatic carbocycles. The number of amides is 1. The molecule has 6 rings (SSSR count). The predicted octanol–water partition coefficient (Wildman–Crippen LogP) is 5.25. The monoisotopic (exact) mass is 520 g/mol. The van der Waals surface area contributed by atoms with Gasteiger partial charge in [-0.25, -0.2) is 24.0 Å². The number of nitrogens with zero attached hydrogens (tertiary/aromatic N) is 6. The molecule has 0 bridgehead atoms. The second-order valence-electron chi connectivity index (χ2n) is 9.96. The van der Waals surface area contributed by atoms with Crippen molar-refractivity contribution in [2.75, 3.05) is 10.6 Å². The Labute approximate surface area is 223 Å². The van der Waals surface area contributed by atoms with Gasteiger partial charge in [0.25, 0.3) is 5.91 Å². The van der Waals surface area contributed by atoms with Gasteiger partial charge in [0.1, 0.15) is 23.0 Å². The molecule has 4 aromatic heterocycles. The summed E-state index contributed by atoms with van der Waals surface area (Å²) >= 11 is 0. The van der Waals surface area contributed by atoms with Crippen LogP contribution in [-0.4, -0.2) is 35.6 Å². The molecule has 0 saturated carbocycles. The Balaban J connectivity index is 1.49. The number of allylic oxidation sites excluding steroid dienone is 1. The topological polar surface area (TPSA) is 111 Å². The molecule has 194 valence electrons. The van der Waals surface area contributed by atoms with Gasteiger partial charge >= 0.3 is 0 Å². The molecule has 1 aromatic carbocycles. The number of pyridine rings is 2. The van der Waals surface area contributed by atoms with Crippen LogP contribution in [0.2, 0.25) is 0 Å². The van der Waals surface area contributed by atoms with Crippen LogP contribution in [0.3, 0.4) is 0 Å². The molecule has 5 heterocycles. The fraction of sp³-hybridized carbons (Fsp3) is 0.172. The number of fused-ring (bicyclic) bond motifs is 2. The highest BCUT2D eigenvalue weighted by molar-refractivity contribution is 6.06. The Bertz CT molecular complexity index is 1770. The van der Waals surface area contributed by atoms with E-state index in [4.69, 9.17) is 15.1 Å². The van der Waals surface area contributed by atoms with Gasteiger partial charge in [0.05, 0.1) is 23.8 Å². The van der Waals surface area contributed by atoms with Crippen LogP contribution in [0.15, 0.2) is 73.2 Å². The normalized spacial score (nSPS) is 13.8. The lowest BCUT2D eigenvalue weighted by Crippen LogP contribution is -2.24. The summed E-state index contributed by atoms with van der Waals surface area (Å²) < 4.78 is 16.1. The van der Waals surface area contributed by atoms with E-state index in [1.54, 1.807) is 47.4 Å². The third-order valence-corrected chi connectivity index (χ3v) is 6.94. The minimum Gasteiger partial charge on any atom is -0.343 e. The molecule has 0 saturated heterocycles. The minimum atomic E-state index is -0.597. The molecular weight excluding hydrogens is 495 g/mol.